The first-order chi connectivity index (χ1) is 32.5. The number of rotatable bonds is 48. The number of nitrogens with zero attached hydrogens (tertiary/aromatic N) is 1. The number of phosphoric acid groups is 1. The molecule has 0 fully saturated rings. The Hall–Kier alpha value is -2.58. The van der Waals surface area contributed by atoms with E-state index in [9.17, 15) is 19.4 Å². The van der Waals surface area contributed by atoms with Gasteiger partial charge in [-0.05, 0) is 83.5 Å². The van der Waals surface area contributed by atoms with Gasteiger partial charge in [0.25, 0.3) is 0 Å². The molecule has 0 saturated heterocycles. The second kappa shape index (κ2) is 48.4. The van der Waals surface area contributed by atoms with E-state index in [-0.39, 0.29) is 25.5 Å². The van der Waals surface area contributed by atoms with Gasteiger partial charge in [0, 0.05) is 6.42 Å². The Morgan fingerprint density at radius 2 is 0.910 bits per heavy atom. The zero-order valence-corrected chi connectivity index (χ0v) is 44.8. The molecule has 0 aliphatic rings. The lowest BCUT2D eigenvalue weighted by atomic mass is 10.0. The highest BCUT2D eigenvalue weighted by Gasteiger charge is 2.27. The van der Waals surface area contributed by atoms with Crippen molar-refractivity contribution in [2.24, 2.45) is 0 Å². The topological polar surface area (TPSA) is 105 Å². The van der Waals surface area contributed by atoms with E-state index in [0.717, 1.165) is 70.6 Å². The Kier molecular flexibility index (Phi) is 46.6. The van der Waals surface area contributed by atoms with Crippen molar-refractivity contribution in [1.29, 1.82) is 0 Å². The van der Waals surface area contributed by atoms with Gasteiger partial charge in [0.1, 0.15) is 13.2 Å². The molecule has 0 heterocycles. The van der Waals surface area contributed by atoms with Crippen LogP contribution >= 0.6 is 7.82 Å². The van der Waals surface area contributed by atoms with Gasteiger partial charge in [0.15, 0.2) is 0 Å². The third kappa shape index (κ3) is 51.1. The number of quaternary nitrogens is 1. The standard InChI is InChI=1S/C58H103N2O6P/c1-6-8-10-12-14-16-18-20-22-24-26-28-29-30-32-33-35-37-39-41-43-45-47-49-51-57(61)56(55-66-67(63,64)65-54-53-60(3,4)5)59-58(62)52-50-48-46-44-42-40-38-36-34-31-27-25-23-21-19-17-15-13-11-9-7-2/h9,11,15,17,21,23,27,31,36,38,41-44,49,51,56-57,61H,6-8,10,12-14,16,18-20,22,24-26,28-30,32-35,37,39-40,45-48,50,52-55H2,1-5H3,(H-,59,62,63,64)/p+1/b11-9-,17-15-,23-21-,31-27-,38-36-,43-41+,44-42-,51-49+. The quantitative estimate of drug-likeness (QED) is 0.0243. The van der Waals surface area contributed by atoms with E-state index < -0.39 is 20.0 Å². The average molecular weight is 956 g/mol. The average Bonchev–Trinajstić information content (AvgIpc) is 3.29. The van der Waals surface area contributed by atoms with Gasteiger partial charge in [0.05, 0.1) is 39.9 Å². The zero-order chi connectivity index (χ0) is 49.2. The normalized spacial score (nSPS) is 14.8. The van der Waals surface area contributed by atoms with Crippen LogP contribution in [0.15, 0.2) is 97.2 Å². The highest BCUT2D eigenvalue weighted by atomic mass is 31.2. The maximum Gasteiger partial charge on any atom is 0.472 e. The van der Waals surface area contributed by atoms with E-state index >= 15 is 0 Å². The van der Waals surface area contributed by atoms with Crippen LogP contribution in [0.25, 0.3) is 0 Å². The minimum atomic E-state index is -4.37. The molecular weight excluding hydrogens is 852 g/mol. The number of unbranched alkanes of at least 4 members (excludes halogenated alkanes) is 21. The van der Waals surface area contributed by atoms with Crippen LogP contribution in [0.5, 0.6) is 0 Å². The maximum atomic E-state index is 12.9. The summed E-state index contributed by atoms with van der Waals surface area (Å²) in [6.07, 6.45) is 69.4. The number of hydrogen-bond acceptors (Lipinski definition) is 5. The van der Waals surface area contributed by atoms with Gasteiger partial charge >= 0.3 is 7.82 Å². The number of carbonyl (C=O) groups is 1. The van der Waals surface area contributed by atoms with Crippen LogP contribution in [0.4, 0.5) is 0 Å². The first-order valence-corrected chi connectivity index (χ1v) is 28.6. The molecule has 386 valence electrons. The summed E-state index contributed by atoms with van der Waals surface area (Å²) in [6.45, 7) is 4.64. The molecule has 3 N–H and O–H groups in total. The Balaban J connectivity index is 4.42. The van der Waals surface area contributed by atoms with Gasteiger partial charge in [-0.15, -0.1) is 0 Å². The van der Waals surface area contributed by atoms with Crippen molar-refractivity contribution in [2.75, 3.05) is 40.9 Å². The summed E-state index contributed by atoms with van der Waals surface area (Å²) >= 11 is 0. The number of carbonyl (C=O) groups excluding carboxylic acids is 1. The van der Waals surface area contributed by atoms with E-state index in [1.807, 2.05) is 27.2 Å². The van der Waals surface area contributed by atoms with E-state index in [1.54, 1.807) is 6.08 Å². The molecule has 0 aromatic rings. The van der Waals surface area contributed by atoms with Gasteiger partial charge in [0.2, 0.25) is 5.91 Å². The predicted octanol–water partition coefficient (Wildman–Crippen LogP) is 16.3. The third-order valence-corrected chi connectivity index (χ3v) is 12.5. The summed E-state index contributed by atoms with van der Waals surface area (Å²) in [6, 6.07) is -0.894. The first-order valence-electron chi connectivity index (χ1n) is 27.1. The Morgan fingerprint density at radius 3 is 1.37 bits per heavy atom. The van der Waals surface area contributed by atoms with E-state index in [2.05, 4.69) is 104 Å². The molecule has 0 bridgehead atoms. The van der Waals surface area contributed by atoms with E-state index in [1.165, 1.54) is 116 Å². The molecule has 0 aromatic heterocycles. The maximum absolute atomic E-state index is 12.9. The largest absolute Gasteiger partial charge is 0.472 e. The molecule has 8 nitrogen and oxygen atoms in total. The van der Waals surface area contributed by atoms with Crippen molar-refractivity contribution < 1.29 is 32.9 Å². The molecule has 0 rings (SSSR count). The fourth-order valence-electron chi connectivity index (χ4n) is 7.30. The summed E-state index contributed by atoms with van der Waals surface area (Å²) in [5.74, 6) is -0.231. The molecule has 9 heteroatoms. The van der Waals surface area contributed by atoms with Gasteiger partial charge in [-0.25, -0.2) is 4.57 Å². The molecule has 0 radical (unpaired) electrons. The van der Waals surface area contributed by atoms with Crippen molar-refractivity contribution in [3.8, 4) is 0 Å². The lowest BCUT2D eigenvalue weighted by Crippen LogP contribution is -2.45. The molecule has 0 spiro atoms. The van der Waals surface area contributed by atoms with Crippen molar-refractivity contribution in [1.82, 2.24) is 5.32 Å². The number of aliphatic hydroxyl groups excluding tert-OH is 1. The van der Waals surface area contributed by atoms with Crippen LogP contribution in [0, 0.1) is 0 Å². The third-order valence-electron chi connectivity index (χ3n) is 11.5. The molecule has 0 aliphatic carbocycles. The van der Waals surface area contributed by atoms with E-state index in [0.29, 0.717) is 17.4 Å². The highest BCUT2D eigenvalue weighted by Crippen LogP contribution is 2.43. The second-order valence-corrected chi connectivity index (χ2v) is 20.7. The van der Waals surface area contributed by atoms with Crippen LogP contribution in [0.2, 0.25) is 0 Å². The number of likely N-dealkylation sites (N-methyl/N-ethyl adjacent to an activating group) is 1. The summed E-state index contributed by atoms with van der Waals surface area (Å²) in [5.41, 5.74) is 0. The molecule has 3 unspecified atom stereocenters. The Labute approximate surface area is 413 Å². The van der Waals surface area contributed by atoms with Gasteiger partial charge in [-0.1, -0.05) is 220 Å². The lowest BCUT2D eigenvalue weighted by Gasteiger charge is -2.25. The van der Waals surface area contributed by atoms with Crippen LogP contribution < -0.4 is 5.32 Å². The number of aliphatic hydroxyl groups is 1. The Bertz CT molecular complexity index is 1410. The SMILES string of the molecule is CC/C=C\C/C=C\C/C=C\C/C=C\C/C=C\C/C=C\CCCCC(=O)NC(COP(=O)(O)OCC[N+](C)(C)C)C(O)/C=C/CC/C=C/CCCCCCCCCCCCCCCCCCCC. The number of phosphoric ester groups is 1. The van der Waals surface area contributed by atoms with Crippen LogP contribution in [0.3, 0.4) is 0 Å². The van der Waals surface area contributed by atoms with Crippen LogP contribution in [0.1, 0.15) is 213 Å². The fraction of sp³-hybridized carbons (Fsp3) is 0.707. The van der Waals surface area contributed by atoms with Crippen molar-refractivity contribution in [3.05, 3.63) is 97.2 Å². The second-order valence-electron chi connectivity index (χ2n) is 19.2. The van der Waals surface area contributed by atoms with Crippen molar-refractivity contribution >= 4 is 13.7 Å². The Morgan fingerprint density at radius 1 is 0.522 bits per heavy atom. The lowest BCUT2D eigenvalue weighted by molar-refractivity contribution is -0.870. The minimum absolute atomic E-state index is 0.0422. The van der Waals surface area contributed by atoms with Gasteiger partial charge < -0.3 is 19.8 Å². The molecule has 67 heavy (non-hydrogen) atoms. The molecule has 0 aromatic carbocycles. The fourth-order valence-corrected chi connectivity index (χ4v) is 8.03. The number of allylic oxidation sites excluding steroid dienone is 15. The molecule has 0 saturated carbocycles. The summed E-state index contributed by atoms with van der Waals surface area (Å²) in [4.78, 5) is 23.2. The molecular formula is C58H104N2O6P+. The monoisotopic (exact) mass is 956 g/mol. The van der Waals surface area contributed by atoms with Crippen molar-refractivity contribution in [3.63, 3.8) is 0 Å². The van der Waals surface area contributed by atoms with Gasteiger partial charge in [-0.2, -0.15) is 0 Å². The molecule has 1 amide bonds. The smallest absolute Gasteiger partial charge is 0.387 e. The number of nitrogens with one attached hydrogen (secondary N) is 1. The van der Waals surface area contributed by atoms with E-state index in [4.69, 9.17) is 9.05 Å². The van der Waals surface area contributed by atoms with Crippen LogP contribution in [-0.2, 0) is 18.4 Å². The summed E-state index contributed by atoms with van der Waals surface area (Å²) in [5, 5.41) is 13.9. The minimum Gasteiger partial charge on any atom is -0.387 e. The highest BCUT2D eigenvalue weighted by molar-refractivity contribution is 7.47. The van der Waals surface area contributed by atoms with Gasteiger partial charge in [-0.3, -0.25) is 13.8 Å². The van der Waals surface area contributed by atoms with Crippen LogP contribution in [-0.4, -0.2) is 73.4 Å². The van der Waals surface area contributed by atoms with Crippen molar-refractivity contribution in [2.45, 2.75) is 225 Å². The predicted molar refractivity (Wildman–Crippen MR) is 290 cm³/mol. The molecule has 0 aliphatic heterocycles. The zero-order valence-electron chi connectivity index (χ0n) is 43.9. The number of hydrogen-bond donors (Lipinski definition) is 3. The number of amides is 1. The summed E-state index contributed by atoms with van der Waals surface area (Å²) < 4.78 is 23.6. The summed E-state index contributed by atoms with van der Waals surface area (Å²) in [7, 11) is 1.51. The first kappa shape index (κ1) is 64.4. The molecule has 3 atom stereocenters.